The van der Waals surface area contributed by atoms with Crippen LogP contribution in [-0.4, -0.2) is 29.1 Å². The minimum Gasteiger partial charge on any atom is -0.264 e. The highest BCUT2D eigenvalue weighted by Gasteiger charge is 2.24. The Hall–Kier alpha value is -2.71. The van der Waals surface area contributed by atoms with Crippen molar-refractivity contribution in [2.45, 2.75) is 31.6 Å². The summed E-state index contributed by atoms with van der Waals surface area (Å²) >= 11 is 5.93. The smallest absolute Gasteiger partial charge is 0.264 e. The fraction of sp³-hybridized carbons (Fsp3) is 0.211. The molecule has 0 saturated heterocycles. The number of hydrogen-bond acceptors (Lipinski definition) is 5. The van der Waals surface area contributed by atoms with E-state index in [4.69, 9.17) is 11.6 Å². The number of rotatable bonds is 5. The van der Waals surface area contributed by atoms with E-state index in [1.807, 2.05) is 29.0 Å². The molecule has 0 unspecified atom stereocenters. The maximum atomic E-state index is 12.5. The van der Waals surface area contributed by atoms with E-state index in [-0.39, 0.29) is 21.7 Å². The Morgan fingerprint density at radius 2 is 1.75 bits per heavy atom. The Morgan fingerprint density at radius 1 is 1.11 bits per heavy atom. The van der Waals surface area contributed by atoms with Gasteiger partial charge in [-0.15, -0.1) is 5.10 Å². The second-order valence-corrected chi connectivity index (χ2v) is 8.53. The third-order valence-electron chi connectivity index (χ3n) is 4.11. The van der Waals surface area contributed by atoms with Crippen LogP contribution in [0.4, 0.5) is 0 Å². The van der Waals surface area contributed by atoms with Crippen molar-refractivity contribution in [3.63, 3.8) is 0 Å². The zero-order valence-electron chi connectivity index (χ0n) is 15.5. The number of carbonyl (C=O) groups is 1. The lowest BCUT2D eigenvalue weighted by Crippen LogP contribution is -2.31. The number of hydrogen-bond donors (Lipinski definition) is 1. The van der Waals surface area contributed by atoms with Gasteiger partial charge in [0.1, 0.15) is 10.7 Å². The number of sulfonamides is 1. The number of aryl methyl sites for hydroxylation is 1. The molecule has 0 fully saturated rings. The SMILES string of the molecule is Cc1nc(C(=O)NS(=O)(=O)c2ccccc2Cl)nn1-c1ccccc1C(C)C. The Labute approximate surface area is 168 Å². The second-order valence-electron chi connectivity index (χ2n) is 6.47. The number of benzene rings is 2. The maximum Gasteiger partial charge on any atom is 0.304 e. The number of carbonyl (C=O) groups excluding carboxylic acids is 1. The normalized spacial score (nSPS) is 11.6. The third kappa shape index (κ3) is 3.93. The van der Waals surface area contributed by atoms with Gasteiger partial charge in [0, 0.05) is 0 Å². The van der Waals surface area contributed by atoms with E-state index in [9.17, 15) is 13.2 Å². The summed E-state index contributed by atoms with van der Waals surface area (Å²) in [4.78, 5) is 16.4. The lowest BCUT2D eigenvalue weighted by atomic mass is 10.0. The van der Waals surface area contributed by atoms with Crippen molar-refractivity contribution in [1.29, 1.82) is 0 Å². The Bertz CT molecular complexity index is 1140. The lowest BCUT2D eigenvalue weighted by Gasteiger charge is -2.12. The Morgan fingerprint density at radius 3 is 2.43 bits per heavy atom. The first kappa shape index (κ1) is 20.0. The molecule has 0 atom stereocenters. The predicted octanol–water partition coefficient (Wildman–Crippen LogP) is 3.47. The average molecular weight is 419 g/mol. The first-order valence-electron chi connectivity index (χ1n) is 8.55. The topological polar surface area (TPSA) is 93.9 Å². The molecule has 28 heavy (non-hydrogen) atoms. The fourth-order valence-electron chi connectivity index (χ4n) is 2.77. The van der Waals surface area contributed by atoms with Crippen molar-refractivity contribution in [2.24, 2.45) is 0 Å². The number of halogens is 1. The van der Waals surface area contributed by atoms with Gasteiger partial charge in [0.15, 0.2) is 0 Å². The summed E-state index contributed by atoms with van der Waals surface area (Å²) in [6, 6.07) is 13.5. The summed E-state index contributed by atoms with van der Waals surface area (Å²) in [5.41, 5.74) is 1.82. The average Bonchev–Trinajstić information content (AvgIpc) is 3.03. The largest absolute Gasteiger partial charge is 0.304 e. The summed E-state index contributed by atoms with van der Waals surface area (Å²) in [6.07, 6.45) is 0. The zero-order valence-corrected chi connectivity index (χ0v) is 17.1. The van der Waals surface area contributed by atoms with Crippen molar-refractivity contribution in [1.82, 2.24) is 19.5 Å². The van der Waals surface area contributed by atoms with Crippen molar-refractivity contribution in [3.05, 3.63) is 70.8 Å². The van der Waals surface area contributed by atoms with Crippen LogP contribution in [0.5, 0.6) is 0 Å². The summed E-state index contributed by atoms with van der Waals surface area (Å²) in [7, 11) is -4.15. The molecule has 0 bridgehead atoms. The quantitative estimate of drug-likeness (QED) is 0.684. The van der Waals surface area contributed by atoms with Crippen molar-refractivity contribution < 1.29 is 13.2 Å². The molecule has 9 heteroatoms. The first-order chi connectivity index (χ1) is 13.2. The van der Waals surface area contributed by atoms with Crippen LogP contribution in [0.15, 0.2) is 53.4 Å². The fourth-order valence-corrected chi connectivity index (χ4v) is 4.24. The van der Waals surface area contributed by atoms with Crippen LogP contribution in [0.3, 0.4) is 0 Å². The molecule has 0 radical (unpaired) electrons. The van der Waals surface area contributed by atoms with E-state index in [0.29, 0.717) is 5.82 Å². The van der Waals surface area contributed by atoms with Gasteiger partial charge in [-0.3, -0.25) is 4.79 Å². The van der Waals surface area contributed by atoms with Crippen LogP contribution in [0.1, 0.15) is 41.8 Å². The van der Waals surface area contributed by atoms with Gasteiger partial charge in [0.05, 0.1) is 10.7 Å². The molecule has 0 aliphatic carbocycles. The number of nitrogens with zero attached hydrogens (tertiary/aromatic N) is 3. The summed E-state index contributed by atoms with van der Waals surface area (Å²) in [5.74, 6) is -0.471. The van der Waals surface area contributed by atoms with E-state index in [1.54, 1.807) is 13.0 Å². The molecule has 1 heterocycles. The molecule has 3 aromatic rings. The third-order valence-corrected chi connectivity index (χ3v) is 5.94. The number of amides is 1. The van der Waals surface area contributed by atoms with Crippen molar-refractivity contribution in [2.75, 3.05) is 0 Å². The highest BCUT2D eigenvalue weighted by atomic mass is 35.5. The van der Waals surface area contributed by atoms with E-state index in [0.717, 1.165) is 11.3 Å². The van der Waals surface area contributed by atoms with Crippen LogP contribution >= 0.6 is 11.6 Å². The zero-order chi connectivity index (χ0) is 20.5. The molecule has 7 nitrogen and oxygen atoms in total. The summed E-state index contributed by atoms with van der Waals surface area (Å²) < 4.78 is 28.4. The van der Waals surface area contributed by atoms with Gasteiger partial charge >= 0.3 is 5.91 Å². The Balaban J connectivity index is 1.94. The van der Waals surface area contributed by atoms with E-state index >= 15 is 0 Å². The van der Waals surface area contributed by atoms with Crippen molar-refractivity contribution in [3.8, 4) is 5.69 Å². The highest BCUT2D eigenvalue weighted by molar-refractivity contribution is 7.90. The van der Waals surface area contributed by atoms with Gasteiger partial charge in [-0.05, 0) is 36.6 Å². The molecule has 0 aliphatic rings. The van der Waals surface area contributed by atoms with E-state index < -0.39 is 15.9 Å². The minimum atomic E-state index is -4.15. The lowest BCUT2D eigenvalue weighted by molar-refractivity contribution is 0.0971. The van der Waals surface area contributed by atoms with E-state index in [1.165, 1.54) is 22.9 Å². The predicted molar refractivity (Wildman–Crippen MR) is 106 cm³/mol. The van der Waals surface area contributed by atoms with Crippen LogP contribution in [-0.2, 0) is 10.0 Å². The highest BCUT2D eigenvalue weighted by Crippen LogP contribution is 2.23. The van der Waals surface area contributed by atoms with Crippen LogP contribution in [0.2, 0.25) is 5.02 Å². The standard InChI is InChI=1S/C19H19ClN4O3S/c1-12(2)14-8-4-6-10-16(14)24-13(3)21-18(22-24)19(25)23-28(26,27)17-11-7-5-9-15(17)20/h4-12H,1-3H3,(H,23,25). The molecule has 1 amide bonds. The number of para-hydroxylation sites is 1. The molecule has 3 rings (SSSR count). The maximum absolute atomic E-state index is 12.5. The molecule has 0 aliphatic heterocycles. The van der Waals surface area contributed by atoms with Gasteiger partial charge in [0.25, 0.3) is 10.0 Å². The monoisotopic (exact) mass is 418 g/mol. The Kier molecular flexibility index (Phi) is 5.53. The second kappa shape index (κ2) is 7.73. The first-order valence-corrected chi connectivity index (χ1v) is 10.4. The van der Waals surface area contributed by atoms with Gasteiger partial charge in [-0.25, -0.2) is 22.8 Å². The van der Waals surface area contributed by atoms with Crippen molar-refractivity contribution >= 4 is 27.5 Å². The van der Waals surface area contributed by atoms with Gasteiger partial charge in [-0.1, -0.05) is 55.8 Å². The molecule has 1 aromatic heterocycles. The number of aromatic nitrogens is 3. The van der Waals surface area contributed by atoms with Crippen LogP contribution < -0.4 is 4.72 Å². The molecule has 1 N–H and O–H groups in total. The van der Waals surface area contributed by atoms with Crippen LogP contribution in [0.25, 0.3) is 5.69 Å². The van der Waals surface area contributed by atoms with Gasteiger partial charge in [-0.2, -0.15) is 0 Å². The summed E-state index contributed by atoms with van der Waals surface area (Å²) in [5, 5.41) is 4.24. The molecule has 146 valence electrons. The minimum absolute atomic E-state index is 0.0170. The number of nitrogens with one attached hydrogen (secondary N) is 1. The molecule has 0 saturated carbocycles. The molecule has 0 spiro atoms. The van der Waals surface area contributed by atoms with E-state index in [2.05, 4.69) is 23.9 Å². The summed E-state index contributed by atoms with van der Waals surface area (Å²) in [6.45, 7) is 5.80. The molecule has 2 aromatic carbocycles. The molecular weight excluding hydrogens is 400 g/mol. The van der Waals surface area contributed by atoms with Crippen LogP contribution in [0, 0.1) is 6.92 Å². The molecular formula is C19H19ClN4O3S. The van der Waals surface area contributed by atoms with Gasteiger partial charge in [0.2, 0.25) is 5.82 Å². The van der Waals surface area contributed by atoms with Gasteiger partial charge < -0.3 is 0 Å².